The van der Waals surface area contributed by atoms with E-state index in [1.54, 1.807) is 43.5 Å². The van der Waals surface area contributed by atoms with Gasteiger partial charge < -0.3 is 30.0 Å². The van der Waals surface area contributed by atoms with Gasteiger partial charge in [-0.3, -0.25) is 9.59 Å². The number of carboxylic acid groups (broad SMARTS) is 1. The van der Waals surface area contributed by atoms with Crippen molar-refractivity contribution in [3.05, 3.63) is 59.2 Å². The molecule has 0 bridgehead atoms. The lowest BCUT2D eigenvalue weighted by molar-refractivity contribution is -0.117. The Morgan fingerprint density at radius 3 is 2.43 bits per heavy atom. The number of benzene rings is 2. The second kappa shape index (κ2) is 10.3. The molecular weight excluding hydrogens is 452 g/mol. The van der Waals surface area contributed by atoms with Crippen molar-refractivity contribution in [2.45, 2.75) is 32.4 Å². The van der Waals surface area contributed by atoms with E-state index >= 15 is 0 Å². The van der Waals surface area contributed by atoms with Crippen LogP contribution in [0.25, 0.3) is 12.2 Å². The third kappa shape index (κ3) is 6.00. The SMILES string of the molecule is COc1ccc(/C=C/C(=O)c2ccc(OC)c3c2OC(C)(C)C=C3)cc1NC(=O)C(C)NC(=O)O. The maximum absolute atomic E-state index is 13.1. The number of ether oxygens (including phenoxy) is 3. The van der Waals surface area contributed by atoms with Gasteiger partial charge in [0.15, 0.2) is 5.78 Å². The third-order valence-corrected chi connectivity index (χ3v) is 5.30. The zero-order valence-corrected chi connectivity index (χ0v) is 20.2. The van der Waals surface area contributed by atoms with E-state index in [0.29, 0.717) is 39.6 Å². The van der Waals surface area contributed by atoms with E-state index in [1.165, 1.54) is 20.1 Å². The molecule has 0 fully saturated rings. The van der Waals surface area contributed by atoms with Crippen LogP contribution in [0.1, 0.15) is 42.3 Å². The Kier molecular flexibility index (Phi) is 7.49. The number of carbonyl (C=O) groups excluding carboxylic acids is 2. The highest BCUT2D eigenvalue weighted by Crippen LogP contribution is 2.40. The highest BCUT2D eigenvalue weighted by molar-refractivity contribution is 6.09. The molecule has 1 heterocycles. The fourth-order valence-electron chi connectivity index (χ4n) is 3.48. The zero-order valence-electron chi connectivity index (χ0n) is 20.2. The molecule has 1 unspecified atom stereocenters. The highest BCUT2D eigenvalue weighted by Gasteiger charge is 2.27. The minimum absolute atomic E-state index is 0.268. The summed E-state index contributed by atoms with van der Waals surface area (Å²) in [7, 11) is 3.01. The standard InChI is InChI=1S/C26H28N2O7/c1-15(27-25(31)32)24(30)28-19-14-16(7-10-22(19)34-5)6-9-20(29)17-8-11-21(33-4)18-12-13-26(2,3)35-23(17)18/h6-15,27H,1-5H3,(H,28,30)(H,31,32)/b9-6+. The smallest absolute Gasteiger partial charge is 0.405 e. The van der Waals surface area contributed by atoms with Gasteiger partial charge in [0.05, 0.1) is 31.0 Å². The molecule has 3 N–H and O–H groups in total. The Morgan fingerprint density at radius 1 is 1.09 bits per heavy atom. The number of hydrogen-bond acceptors (Lipinski definition) is 6. The molecule has 35 heavy (non-hydrogen) atoms. The van der Waals surface area contributed by atoms with Crippen LogP contribution in [0.5, 0.6) is 17.2 Å². The number of ketones is 1. The number of rotatable bonds is 8. The van der Waals surface area contributed by atoms with Gasteiger partial charge >= 0.3 is 6.09 Å². The first-order valence-electron chi connectivity index (χ1n) is 10.8. The van der Waals surface area contributed by atoms with Gasteiger partial charge in [-0.15, -0.1) is 0 Å². The molecule has 184 valence electrons. The van der Waals surface area contributed by atoms with Gasteiger partial charge in [0, 0.05) is 0 Å². The minimum atomic E-state index is -1.31. The van der Waals surface area contributed by atoms with Crippen LogP contribution < -0.4 is 24.8 Å². The van der Waals surface area contributed by atoms with Gasteiger partial charge in [0.25, 0.3) is 0 Å². The number of allylic oxidation sites excluding steroid dienone is 1. The molecule has 9 heteroatoms. The quantitative estimate of drug-likeness (QED) is 0.378. The molecule has 1 aliphatic heterocycles. The number of hydrogen-bond donors (Lipinski definition) is 3. The Morgan fingerprint density at radius 2 is 1.77 bits per heavy atom. The van der Waals surface area contributed by atoms with E-state index in [-0.39, 0.29) is 5.78 Å². The zero-order chi connectivity index (χ0) is 25.8. The molecule has 0 saturated carbocycles. The molecule has 0 saturated heterocycles. The fraction of sp³-hybridized carbons (Fsp3) is 0.269. The average Bonchev–Trinajstić information content (AvgIpc) is 2.80. The molecule has 1 aliphatic rings. The van der Waals surface area contributed by atoms with Crippen LogP contribution in [0.4, 0.5) is 10.5 Å². The molecule has 0 spiro atoms. The van der Waals surface area contributed by atoms with Crippen LogP contribution >= 0.6 is 0 Å². The Hall–Kier alpha value is -4.27. The summed E-state index contributed by atoms with van der Waals surface area (Å²) < 4.78 is 16.8. The predicted octanol–water partition coefficient (Wildman–Crippen LogP) is 4.38. The van der Waals surface area contributed by atoms with Gasteiger partial charge in [-0.1, -0.05) is 12.1 Å². The minimum Gasteiger partial charge on any atom is -0.496 e. The fourth-order valence-corrected chi connectivity index (χ4v) is 3.48. The van der Waals surface area contributed by atoms with Crippen molar-refractivity contribution in [1.29, 1.82) is 0 Å². The van der Waals surface area contributed by atoms with Crippen molar-refractivity contribution in [1.82, 2.24) is 5.32 Å². The van der Waals surface area contributed by atoms with Crippen molar-refractivity contribution in [2.24, 2.45) is 0 Å². The summed E-state index contributed by atoms with van der Waals surface area (Å²) >= 11 is 0. The van der Waals surface area contributed by atoms with Crippen LogP contribution in [0, 0.1) is 0 Å². The molecule has 9 nitrogen and oxygen atoms in total. The first-order chi connectivity index (χ1) is 16.5. The molecule has 2 amide bonds. The lowest BCUT2D eigenvalue weighted by Gasteiger charge is -2.29. The van der Waals surface area contributed by atoms with Crippen LogP contribution in [0.2, 0.25) is 0 Å². The van der Waals surface area contributed by atoms with Crippen molar-refractivity contribution >= 4 is 35.6 Å². The van der Waals surface area contributed by atoms with Crippen molar-refractivity contribution in [3.8, 4) is 17.2 Å². The van der Waals surface area contributed by atoms with E-state index in [1.807, 2.05) is 26.0 Å². The molecule has 2 aromatic carbocycles. The first-order valence-corrected chi connectivity index (χ1v) is 10.8. The van der Waals surface area contributed by atoms with E-state index in [2.05, 4.69) is 10.6 Å². The van der Waals surface area contributed by atoms with E-state index in [9.17, 15) is 14.4 Å². The summed E-state index contributed by atoms with van der Waals surface area (Å²) in [6.45, 7) is 5.22. The van der Waals surface area contributed by atoms with Crippen molar-refractivity contribution in [3.63, 3.8) is 0 Å². The molecule has 1 atom stereocenters. The summed E-state index contributed by atoms with van der Waals surface area (Å²) in [5, 5.41) is 13.5. The Labute approximate surface area is 203 Å². The van der Waals surface area contributed by atoms with Crippen LogP contribution in [0.3, 0.4) is 0 Å². The van der Waals surface area contributed by atoms with E-state index < -0.39 is 23.6 Å². The van der Waals surface area contributed by atoms with Gasteiger partial charge in [0.2, 0.25) is 5.91 Å². The van der Waals surface area contributed by atoms with Gasteiger partial charge in [0.1, 0.15) is 28.9 Å². The molecular formula is C26H28N2O7. The molecule has 0 aromatic heterocycles. The van der Waals surface area contributed by atoms with Crippen molar-refractivity contribution in [2.75, 3.05) is 19.5 Å². The summed E-state index contributed by atoms with van der Waals surface area (Å²) in [6.07, 6.45) is 5.51. The topological polar surface area (TPSA) is 123 Å². The van der Waals surface area contributed by atoms with Crippen LogP contribution in [-0.2, 0) is 4.79 Å². The monoisotopic (exact) mass is 480 g/mol. The highest BCUT2D eigenvalue weighted by atomic mass is 16.5. The van der Waals surface area contributed by atoms with Crippen LogP contribution in [-0.4, -0.2) is 48.8 Å². The third-order valence-electron chi connectivity index (χ3n) is 5.30. The predicted molar refractivity (Wildman–Crippen MR) is 132 cm³/mol. The van der Waals surface area contributed by atoms with Gasteiger partial charge in [-0.25, -0.2) is 4.79 Å². The number of anilines is 1. The largest absolute Gasteiger partial charge is 0.496 e. The van der Waals surface area contributed by atoms with Gasteiger partial charge in [-0.2, -0.15) is 0 Å². The van der Waals surface area contributed by atoms with Crippen molar-refractivity contribution < 1.29 is 33.7 Å². The summed E-state index contributed by atoms with van der Waals surface area (Å²) in [4.78, 5) is 36.2. The molecule has 2 aromatic rings. The van der Waals surface area contributed by atoms with Crippen LogP contribution in [0.15, 0.2) is 42.5 Å². The van der Waals surface area contributed by atoms with E-state index in [4.69, 9.17) is 19.3 Å². The normalized spacial score (nSPS) is 14.4. The maximum Gasteiger partial charge on any atom is 0.405 e. The lowest BCUT2D eigenvalue weighted by Crippen LogP contribution is -2.40. The number of amides is 2. The number of nitrogens with one attached hydrogen (secondary N) is 2. The average molecular weight is 481 g/mol. The molecule has 0 aliphatic carbocycles. The Balaban J connectivity index is 1.86. The molecule has 0 radical (unpaired) electrons. The van der Waals surface area contributed by atoms with E-state index in [0.717, 1.165) is 0 Å². The maximum atomic E-state index is 13.1. The number of carbonyl (C=O) groups is 3. The second-order valence-electron chi connectivity index (χ2n) is 8.41. The lowest BCUT2D eigenvalue weighted by atomic mass is 9.97. The molecule has 3 rings (SSSR count). The summed E-state index contributed by atoms with van der Waals surface area (Å²) in [5.41, 5.74) is 1.48. The Bertz CT molecular complexity index is 1210. The number of fused-ring (bicyclic) bond motifs is 1. The summed E-state index contributed by atoms with van der Waals surface area (Å²) in [5.74, 6) is 0.621. The first kappa shape index (κ1) is 25.4. The number of methoxy groups -OCH3 is 2. The summed E-state index contributed by atoms with van der Waals surface area (Å²) in [6, 6.07) is 7.40. The second-order valence-corrected chi connectivity index (χ2v) is 8.41. The van der Waals surface area contributed by atoms with Gasteiger partial charge in [-0.05, 0) is 68.8 Å².